The highest BCUT2D eigenvalue weighted by atomic mass is 35.5. The Morgan fingerprint density at radius 1 is 1.44 bits per heavy atom. The van der Waals surface area contributed by atoms with Crippen LogP contribution in [0.15, 0.2) is 27.6 Å². The molecule has 0 amide bonds. The molecule has 2 rings (SSSR count). The van der Waals surface area contributed by atoms with Gasteiger partial charge in [-0.1, -0.05) is 11.6 Å². The monoisotopic (exact) mass is 258 g/mol. The minimum Gasteiger partial charge on any atom is -0.463 e. The van der Waals surface area contributed by atoms with E-state index in [9.17, 15) is 14.0 Å². The molecule has 1 heterocycles. The molecular weight excluding hydrogens is 255 g/mol. The second kappa shape index (κ2) is 3.92. The van der Waals surface area contributed by atoms with Crippen molar-refractivity contribution >= 4 is 40.3 Å². The fraction of sp³-hybridized carbons (Fsp3) is 0. The van der Waals surface area contributed by atoms with Gasteiger partial charge in [0.1, 0.15) is 23.2 Å². The number of thiol groups is 1. The van der Waals surface area contributed by atoms with Gasteiger partial charge in [-0.25, -0.2) is 4.39 Å². The molecule has 0 aliphatic rings. The lowest BCUT2D eigenvalue weighted by Crippen LogP contribution is -2.11. The van der Waals surface area contributed by atoms with E-state index >= 15 is 0 Å². The van der Waals surface area contributed by atoms with Gasteiger partial charge in [0.15, 0.2) is 0 Å². The van der Waals surface area contributed by atoms with E-state index in [1.54, 1.807) is 0 Å². The molecule has 0 unspecified atom stereocenters. The van der Waals surface area contributed by atoms with Crippen LogP contribution in [0, 0.1) is 5.82 Å². The Labute approximate surface area is 99.2 Å². The number of carbonyl (C=O) groups is 1. The first-order valence-electron chi connectivity index (χ1n) is 4.14. The smallest absolute Gasteiger partial charge is 0.223 e. The summed E-state index contributed by atoms with van der Waals surface area (Å²) in [4.78, 5) is 22.6. The second-order valence-corrected chi connectivity index (χ2v) is 3.86. The van der Waals surface area contributed by atoms with E-state index in [4.69, 9.17) is 16.0 Å². The van der Waals surface area contributed by atoms with E-state index in [-0.39, 0.29) is 21.6 Å². The molecule has 0 saturated heterocycles. The van der Waals surface area contributed by atoms with Crippen LogP contribution < -0.4 is 5.43 Å². The second-order valence-electron chi connectivity index (χ2n) is 3.05. The van der Waals surface area contributed by atoms with Crippen molar-refractivity contribution in [2.45, 2.75) is 0 Å². The average molecular weight is 259 g/mol. The third-order valence-corrected chi connectivity index (χ3v) is 2.58. The first kappa shape index (κ1) is 11.2. The maximum atomic E-state index is 13.1. The first-order valence-corrected chi connectivity index (χ1v) is 4.97. The predicted molar refractivity (Wildman–Crippen MR) is 60.8 cm³/mol. The molecule has 2 aromatic rings. The SMILES string of the molecule is O=C(S)c1coc2cc(Cl)c(F)cc2c1=O. The fourth-order valence-electron chi connectivity index (χ4n) is 1.27. The molecule has 1 aromatic carbocycles. The molecule has 82 valence electrons. The van der Waals surface area contributed by atoms with Gasteiger partial charge in [0.25, 0.3) is 0 Å². The summed E-state index contributed by atoms with van der Waals surface area (Å²) in [5.41, 5.74) is -0.746. The van der Waals surface area contributed by atoms with Crippen LogP contribution in [0.25, 0.3) is 11.0 Å². The van der Waals surface area contributed by atoms with Crippen LogP contribution in [0.3, 0.4) is 0 Å². The minimum atomic E-state index is -0.745. The molecule has 0 N–H and O–H groups in total. The van der Waals surface area contributed by atoms with Gasteiger partial charge in [0, 0.05) is 6.07 Å². The Kier molecular flexibility index (Phi) is 2.73. The first-order chi connectivity index (χ1) is 7.50. The fourth-order valence-corrected chi connectivity index (χ4v) is 1.58. The minimum absolute atomic E-state index is 0.0400. The Morgan fingerprint density at radius 2 is 2.12 bits per heavy atom. The maximum absolute atomic E-state index is 13.1. The molecular formula is C10H4ClFO3S. The van der Waals surface area contributed by atoms with Crippen LogP contribution in [-0.4, -0.2) is 5.12 Å². The van der Waals surface area contributed by atoms with Crippen molar-refractivity contribution in [3.63, 3.8) is 0 Å². The van der Waals surface area contributed by atoms with Crippen molar-refractivity contribution in [3.05, 3.63) is 45.0 Å². The lowest BCUT2D eigenvalue weighted by molar-refractivity contribution is 0.108. The van der Waals surface area contributed by atoms with E-state index in [0.29, 0.717) is 0 Å². The van der Waals surface area contributed by atoms with Crippen molar-refractivity contribution in [2.75, 3.05) is 0 Å². The van der Waals surface area contributed by atoms with E-state index in [1.165, 1.54) is 6.07 Å². The number of fused-ring (bicyclic) bond motifs is 1. The van der Waals surface area contributed by atoms with Crippen molar-refractivity contribution in [1.82, 2.24) is 0 Å². The third-order valence-electron chi connectivity index (χ3n) is 2.05. The van der Waals surface area contributed by atoms with Crippen LogP contribution in [0.1, 0.15) is 10.4 Å². The third kappa shape index (κ3) is 1.72. The van der Waals surface area contributed by atoms with E-state index in [0.717, 1.165) is 12.3 Å². The summed E-state index contributed by atoms with van der Waals surface area (Å²) in [7, 11) is 0. The molecule has 0 aliphatic carbocycles. The van der Waals surface area contributed by atoms with Gasteiger partial charge in [-0.2, -0.15) is 0 Å². The number of carbonyl (C=O) groups excluding carboxylic acids is 1. The highest BCUT2D eigenvalue weighted by Gasteiger charge is 2.13. The highest BCUT2D eigenvalue weighted by molar-refractivity contribution is 7.97. The van der Waals surface area contributed by atoms with Crippen molar-refractivity contribution in [1.29, 1.82) is 0 Å². The Hall–Kier alpha value is -1.33. The summed E-state index contributed by atoms with van der Waals surface area (Å²) in [5, 5.41) is -0.923. The topological polar surface area (TPSA) is 47.3 Å². The summed E-state index contributed by atoms with van der Waals surface area (Å²) >= 11 is 9.03. The number of hydrogen-bond acceptors (Lipinski definition) is 3. The van der Waals surface area contributed by atoms with Gasteiger partial charge in [-0.15, -0.1) is 12.6 Å². The summed E-state index contributed by atoms with van der Waals surface area (Å²) in [6.07, 6.45) is 0.980. The summed E-state index contributed by atoms with van der Waals surface area (Å²) in [6, 6.07) is 2.12. The lowest BCUT2D eigenvalue weighted by Gasteiger charge is -2.00. The zero-order chi connectivity index (χ0) is 11.9. The van der Waals surface area contributed by atoms with E-state index in [1.807, 2.05) is 0 Å². The molecule has 0 fully saturated rings. The summed E-state index contributed by atoms with van der Waals surface area (Å²) < 4.78 is 18.1. The van der Waals surface area contributed by atoms with Gasteiger partial charge in [0.05, 0.1) is 10.4 Å². The number of benzene rings is 1. The van der Waals surface area contributed by atoms with Gasteiger partial charge in [-0.05, 0) is 6.07 Å². The van der Waals surface area contributed by atoms with Crippen LogP contribution in [0.5, 0.6) is 0 Å². The van der Waals surface area contributed by atoms with Gasteiger partial charge in [-0.3, -0.25) is 9.59 Å². The molecule has 0 bridgehead atoms. The Morgan fingerprint density at radius 3 is 2.75 bits per heavy atom. The standard InChI is InChI=1S/C10H4ClFO3S/c11-6-2-8-4(1-7(6)12)9(13)5(3-15-8)10(14)16/h1-3H,(H,14,16). The number of rotatable bonds is 1. The molecule has 1 aromatic heterocycles. The quantitative estimate of drug-likeness (QED) is 0.800. The molecule has 3 nitrogen and oxygen atoms in total. The summed E-state index contributed by atoms with van der Waals surface area (Å²) in [5.74, 6) is -0.745. The van der Waals surface area contributed by atoms with Crippen molar-refractivity contribution in [3.8, 4) is 0 Å². The Balaban J connectivity index is 2.90. The van der Waals surface area contributed by atoms with Crippen LogP contribution >= 0.6 is 24.2 Å². The predicted octanol–water partition coefficient (Wildman–Crippen LogP) is 2.66. The normalized spacial score (nSPS) is 10.7. The van der Waals surface area contributed by atoms with E-state index in [2.05, 4.69) is 12.6 Å². The van der Waals surface area contributed by atoms with Crippen LogP contribution in [0.4, 0.5) is 4.39 Å². The van der Waals surface area contributed by atoms with Crippen LogP contribution in [-0.2, 0) is 0 Å². The van der Waals surface area contributed by atoms with E-state index < -0.39 is 16.4 Å². The molecule has 16 heavy (non-hydrogen) atoms. The van der Waals surface area contributed by atoms with Gasteiger partial charge >= 0.3 is 0 Å². The zero-order valence-corrected chi connectivity index (χ0v) is 9.31. The summed E-state index contributed by atoms with van der Waals surface area (Å²) in [6.45, 7) is 0. The average Bonchev–Trinajstić information content (AvgIpc) is 2.21. The number of hydrogen-bond donors (Lipinski definition) is 1. The largest absolute Gasteiger partial charge is 0.463 e. The number of halogens is 2. The lowest BCUT2D eigenvalue weighted by atomic mass is 10.2. The molecule has 0 atom stereocenters. The Bertz CT molecular complexity index is 650. The highest BCUT2D eigenvalue weighted by Crippen LogP contribution is 2.21. The van der Waals surface area contributed by atoms with Gasteiger partial charge in [0.2, 0.25) is 10.5 Å². The molecule has 6 heteroatoms. The zero-order valence-electron chi connectivity index (χ0n) is 7.66. The van der Waals surface area contributed by atoms with Crippen molar-refractivity contribution in [2.24, 2.45) is 0 Å². The molecule has 0 aliphatic heterocycles. The maximum Gasteiger partial charge on any atom is 0.223 e. The molecule has 0 radical (unpaired) electrons. The molecule has 0 spiro atoms. The van der Waals surface area contributed by atoms with Gasteiger partial charge < -0.3 is 4.42 Å². The molecule has 0 saturated carbocycles. The van der Waals surface area contributed by atoms with Crippen LogP contribution in [0.2, 0.25) is 5.02 Å². The van der Waals surface area contributed by atoms with Crippen molar-refractivity contribution < 1.29 is 13.6 Å².